The molecular formula is C34H43N3O4S. The first-order chi connectivity index (χ1) is 20.1. The predicted octanol–water partition coefficient (Wildman–Crippen LogP) is 6.31. The van der Waals surface area contributed by atoms with Crippen LogP contribution in [-0.2, 0) is 27.9 Å². The second-order valence-electron chi connectivity index (χ2n) is 11.8. The molecule has 42 heavy (non-hydrogen) atoms. The molecule has 1 aromatic heterocycles. The first kappa shape index (κ1) is 31.5. The first-order valence-corrected chi connectivity index (χ1v) is 16.2. The Morgan fingerprint density at radius 1 is 0.810 bits per heavy atom. The summed E-state index contributed by atoms with van der Waals surface area (Å²) < 4.78 is 35.6. The lowest BCUT2D eigenvalue weighted by molar-refractivity contribution is -0.134. The van der Waals surface area contributed by atoms with Gasteiger partial charge in [0.25, 0.3) is 0 Å². The molecule has 224 valence electrons. The van der Waals surface area contributed by atoms with E-state index in [9.17, 15) is 13.2 Å². The van der Waals surface area contributed by atoms with Crippen LogP contribution in [-0.4, -0.2) is 49.8 Å². The van der Waals surface area contributed by atoms with Crippen molar-refractivity contribution in [2.24, 2.45) is 11.8 Å². The predicted molar refractivity (Wildman–Crippen MR) is 168 cm³/mol. The number of fused-ring (bicyclic) bond motifs is 1. The molecule has 8 heteroatoms. The Labute approximate surface area is 250 Å². The van der Waals surface area contributed by atoms with Crippen molar-refractivity contribution < 1.29 is 17.6 Å². The van der Waals surface area contributed by atoms with Gasteiger partial charge in [0.05, 0.1) is 11.2 Å². The highest BCUT2D eigenvalue weighted by Crippen LogP contribution is 2.21. The fraction of sp³-hybridized carbons (Fsp3) is 0.382. The van der Waals surface area contributed by atoms with Gasteiger partial charge in [0, 0.05) is 38.1 Å². The third-order valence-corrected chi connectivity index (χ3v) is 8.51. The number of sulfonamides is 1. The summed E-state index contributed by atoms with van der Waals surface area (Å²) in [6, 6.07) is 26.0. The highest BCUT2D eigenvalue weighted by Gasteiger charge is 2.30. The van der Waals surface area contributed by atoms with E-state index in [1.165, 1.54) is 12.3 Å². The molecule has 4 rings (SSSR count). The summed E-state index contributed by atoms with van der Waals surface area (Å²) in [7, 11) is -3.99. The van der Waals surface area contributed by atoms with Crippen molar-refractivity contribution in [2.75, 3.05) is 19.6 Å². The lowest BCUT2D eigenvalue weighted by Crippen LogP contribution is -2.51. The van der Waals surface area contributed by atoms with E-state index in [4.69, 9.17) is 4.42 Å². The number of rotatable bonds is 15. The van der Waals surface area contributed by atoms with Crippen molar-refractivity contribution in [3.8, 4) is 0 Å². The van der Waals surface area contributed by atoms with Crippen LogP contribution in [0.5, 0.6) is 0 Å². The molecule has 1 atom stereocenters. The fourth-order valence-electron chi connectivity index (χ4n) is 5.17. The molecule has 0 bridgehead atoms. The maximum atomic E-state index is 14.1. The highest BCUT2D eigenvalue weighted by atomic mass is 32.2. The van der Waals surface area contributed by atoms with Crippen LogP contribution in [0.2, 0.25) is 0 Å². The van der Waals surface area contributed by atoms with Gasteiger partial charge in [-0.15, -0.1) is 0 Å². The second kappa shape index (κ2) is 14.6. The zero-order valence-corrected chi connectivity index (χ0v) is 25.9. The van der Waals surface area contributed by atoms with E-state index in [2.05, 4.69) is 61.6 Å². The third-order valence-electron chi connectivity index (χ3n) is 7.04. The minimum Gasteiger partial charge on any atom is -0.464 e. The molecule has 0 unspecified atom stereocenters. The van der Waals surface area contributed by atoms with Crippen molar-refractivity contribution in [3.63, 3.8) is 0 Å². The van der Waals surface area contributed by atoms with Gasteiger partial charge < -0.3 is 9.32 Å². The number of nitrogens with one attached hydrogen (secondary N) is 1. The average molecular weight is 590 g/mol. The number of benzene rings is 3. The van der Waals surface area contributed by atoms with Gasteiger partial charge in [-0.25, -0.2) is 8.42 Å². The molecule has 0 saturated carbocycles. The fourth-order valence-corrected chi connectivity index (χ4v) is 6.42. The Morgan fingerprint density at radius 3 is 1.93 bits per heavy atom. The van der Waals surface area contributed by atoms with Gasteiger partial charge in [-0.1, -0.05) is 88.4 Å². The summed E-state index contributed by atoms with van der Waals surface area (Å²) in [5.74, 6) is 0.312. The Balaban J connectivity index is 1.61. The van der Waals surface area contributed by atoms with Gasteiger partial charge in [-0.05, 0) is 53.6 Å². The monoisotopic (exact) mass is 589 g/mol. The topological polar surface area (TPSA) is 82.9 Å². The number of hydrogen-bond acceptors (Lipinski definition) is 5. The normalized spacial score (nSPS) is 12.8. The average Bonchev–Trinajstić information content (AvgIpc) is 3.43. The van der Waals surface area contributed by atoms with Crippen LogP contribution in [0.4, 0.5) is 0 Å². The van der Waals surface area contributed by atoms with E-state index in [0.717, 1.165) is 11.1 Å². The molecule has 0 saturated heterocycles. The van der Waals surface area contributed by atoms with Gasteiger partial charge in [0.15, 0.2) is 0 Å². The molecule has 1 heterocycles. The summed E-state index contributed by atoms with van der Waals surface area (Å²) in [5.41, 5.74) is 2.93. The van der Waals surface area contributed by atoms with E-state index in [1.54, 1.807) is 18.2 Å². The largest absolute Gasteiger partial charge is 0.464 e. The molecule has 0 spiro atoms. The van der Waals surface area contributed by atoms with Crippen molar-refractivity contribution in [1.82, 2.24) is 14.5 Å². The minimum atomic E-state index is -3.99. The van der Waals surface area contributed by atoms with Gasteiger partial charge in [0.2, 0.25) is 15.9 Å². The van der Waals surface area contributed by atoms with Crippen LogP contribution in [0, 0.1) is 11.8 Å². The molecule has 0 aliphatic carbocycles. The number of furan rings is 1. The molecule has 7 nitrogen and oxygen atoms in total. The molecular weight excluding hydrogens is 546 g/mol. The standard InChI is InChI=1S/C34H43N3O4S/c1-26(2)22-37(23-27(3)4)34(38)32(35-42(39,40)31-15-16-33-30(21-31)18-20-41-33)17-19-36(24-28-11-7-5-8-12-28)25-29-13-9-6-10-14-29/h5-16,18,20-21,26-27,32,35H,17,19,22-25H2,1-4H3/t32-/m0/s1. The lowest BCUT2D eigenvalue weighted by atomic mass is 10.1. The van der Waals surface area contributed by atoms with E-state index in [1.807, 2.05) is 41.3 Å². The van der Waals surface area contributed by atoms with Gasteiger partial charge in [-0.2, -0.15) is 4.72 Å². The molecule has 0 aliphatic heterocycles. The van der Waals surface area contributed by atoms with Crippen molar-refractivity contribution >= 4 is 26.9 Å². The maximum Gasteiger partial charge on any atom is 0.241 e. The zero-order chi connectivity index (χ0) is 30.1. The Hall–Kier alpha value is -3.46. The first-order valence-electron chi connectivity index (χ1n) is 14.7. The Kier molecular flexibility index (Phi) is 11.0. The molecule has 1 amide bonds. The maximum absolute atomic E-state index is 14.1. The van der Waals surface area contributed by atoms with Gasteiger partial charge in [0.1, 0.15) is 11.6 Å². The van der Waals surface area contributed by atoms with E-state index in [-0.39, 0.29) is 22.6 Å². The lowest BCUT2D eigenvalue weighted by Gasteiger charge is -2.32. The van der Waals surface area contributed by atoms with E-state index in [0.29, 0.717) is 50.1 Å². The third kappa shape index (κ3) is 9.02. The molecule has 0 radical (unpaired) electrons. The number of nitrogens with zero attached hydrogens (tertiary/aromatic N) is 2. The van der Waals surface area contributed by atoms with Crippen LogP contribution in [0.1, 0.15) is 45.2 Å². The number of hydrogen-bond donors (Lipinski definition) is 1. The van der Waals surface area contributed by atoms with Crippen molar-refractivity contribution in [3.05, 3.63) is 102 Å². The molecule has 4 aromatic rings. The van der Waals surface area contributed by atoms with Crippen LogP contribution < -0.4 is 4.72 Å². The Bertz CT molecular complexity index is 1470. The van der Waals surface area contributed by atoms with Crippen LogP contribution in [0.25, 0.3) is 11.0 Å². The van der Waals surface area contributed by atoms with Gasteiger partial charge in [-0.3, -0.25) is 9.69 Å². The summed E-state index contributed by atoms with van der Waals surface area (Å²) in [4.78, 5) is 18.3. The number of amides is 1. The summed E-state index contributed by atoms with van der Waals surface area (Å²) >= 11 is 0. The Morgan fingerprint density at radius 2 is 1.38 bits per heavy atom. The smallest absolute Gasteiger partial charge is 0.241 e. The zero-order valence-electron chi connectivity index (χ0n) is 25.1. The van der Waals surface area contributed by atoms with E-state index >= 15 is 0 Å². The minimum absolute atomic E-state index is 0.110. The highest BCUT2D eigenvalue weighted by molar-refractivity contribution is 7.89. The van der Waals surface area contributed by atoms with Crippen LogP contribution >= 0.6 is 0 Å². The van der Waals surface area contributed by atoms with E-state index < -0.39 is 16.1 Å². The molecule has 3 aromatic carbocycles. The number of carbonyl (C=O) groups excluding carboxylic acids is 1. The summed E-state index contributed by atoms with van der Waals surface area (Å²) in [5, 5.41) is 0.693. The SMILES string of the molecule is CC(C)CN(CC(C)C)C(=O)[C@H](CCN(Cc1ccccc1)Cc1ccccc1)NS(=O)(=O)c1ccc2occc2c1. The molecule has 0 fully saturated rings. The van der Waals surface area contributed by atoms with Crippen LogP contribution in [0.15, 0.2) is 101 Å². The molecule has 0 aliphatic rings. The second-order valence-corrected chi connectivity index (χ2v) is 13.5. The van der Waals surface area contributed by atoms with Gasteiger partial charge >= 0.3 is 0 Å². The summed E-state index contributed by atoms with van der Waals surface area (Å²) in [6.45, 7) is 11.3. The number of carbonyl (C=O) groups is 1. The summed E-state index contributed by atoms with van der Waals surface area (Å²) in [6.07, 6.45) is 1.86. The van der Waals surface area contributed by atoms with Crippen LogP contribution in [0.3, 0.4) is 0 Å². The van der Waals surface area contributed by atoms with Crippen molar-refractivity contribution in [1.29, 1.82) is 0 Å². The quantitative estimate of drug-likeness (QED) is 0.176. The van der Waals surface area contributed by atoms with Crippen molar-refractivity contribution in [2.45, 2.75) is 58.1 Å². The molecule has 1 N–H and O–H groups in total.